The molecule has 0 aliphatic heterocycles. The largest absolute Gasteiger partial charge is 0.479 e. The first kappa shape index (κ1) is 21.9. The van der Waals surface area contributed by atoms with Crippen LogP contribution in [0.5, 0.6) is 0 Å². The maximum absolute atomic E-state index is 13.1. The third-order valence-electron chi connectivity index (χ3n) is 6.41. The van der Waals surface area contributed by atoms with E-state index in [2.05, 4.69) is 10.8 Å². The first-order chi connectivity index (χ1) is 14.8. The molecule has 2 aromatic carbocycles. The molecule has 0 spiro atoms. The molecule has 2 aliphatic carbocycles. The predicted octanol–water partition coefficient (Wildman–Crippen LogP) is 3.22. The van der Waals surface area contributed by atoms with Crippen LogP contribution in [0.15, 0.2) is 35.2 Å². The van der Waals surface area contributed by atoms with Crippen LogP contribution in [0.25, 0.3) is 0 Å². The topological polar surface area (TPSA) is 104 Å². The number of sulfonamides is 1. The Balaban J connectivity index is 1.67. The fourth-order valence-electron chi connectivity index (χ4n) is 4.91. The zero-order valence-corrected chi connectivity index (χ0v) is 17.9. The van der Waals surface area contributed by atoms with Gasteiger partial charge in [0.2, 0.25) is 10.0 Å². The summed E-state index contributed by atoms with van der Waals surface area (Å²) in [6.45, 7) is 0.161. The fraction of sp³-hybridized carbons (Fsp3) is 0.435. The van der Waals surface area contributed by atoms with E-state index in [-0.39, 0.29) is 17.4 Å². The zero-order chi connectivity index (χ0) is 22.2. The number of halogens is 1. The van der Waals surface area contributed by atoms with Gasteiger partial charge in [-0.25, -0.2) is 22.3 Å². The summed E-state index contributed by atoms with van der Waals surface area (Å²) in [4.78, 5) is 11.6. The van der Waals surface area contributed by atoms with Crippen LogP contribution in [0.2, 0.25) is 0 Å². The lowest BCUT2D eigenvalue weighted by Gasteiger charge is -2.32. The van der Waals surface area contributed by atoms with Crippen LogP contribution in [-0.2, 0) is 34.1 Å². The van der Waals surface area contributed by atoms with Gasteiger partial charge in [0.1, 0.15) is 5.82 Å². The number of carbonyl (C=O) groups is 1. The fourth-order valence-corrected chi connectivity index (χ4v) is 5.99. The molecule has 8 heteroatoms. The monoisotopic (exact) mass is 447 g/mol. The lowest BCUT2D eigenvalue weighted by Crippen LogP contribution is -2.31. The van der Waals surface area contributed by atoms with Gasteiger partial charge in [0, 0.05) is 6.54 Å². The van der Waals surface area contributed by atoms with Crippen LogP contribution in [0, 0.1) is 5.82 Å². The van der Waals surface area contributed by atoms with Gasteiger partial charge in [0.15, 0.2) is 6.10 Å². The molecule has 2 aliphatic rings. The molecule has 0 radical (unpaired) electrons. The quantitative estimate of drug-likeness (QED) is 0.631. The number of carboxylic acids is 1. The average Bonchev–Trinajstić information content (AvgIpc) is 2.76. The van der Waals surface area contributed by atoms with Gasteiger partial charge in [-0.15, -0.1) is 0 Å². The number of aryl methyl sites for hydroxylation is 1. The van der Waals surface area contributed by atoms with Crippen LogP contribution >= 0.6 is 0 Å². The third-order valence-corrected chi connectivity index (χ3v) is 7.85. The summed E-state index contributed by atoms with van der Waals surface area (Å²) >= 11 is 0. The van der Waals surface area contributed by atoms with Crippen LogP contribution in [0.4, 0.5) is 4.39 Å². The van der Waals surface area contributed by atoms with Crippen molar-refractivity contribution in [1.29, 1.82) is 0 Å². The summed E-state index contributed by atoms with van der Waals surface area (Å²) in [5.74, 6) is -1.89. The highest BCUT2D eigenvalue weighted by atomic mass is 32.2. The number of rotatable bonds is 6. The molecule has 0 saturated carbocycles. The molecule has 0 saturated heterocycles. The molecule has 3 N–H and O–H groups in total. The molecule has 31 heavy (non-hydrogen) atoms. The Morgan fingerprint density at radius 1 is 1.10 bits per heavy atom. The molecule has 2 atom stereocenters. The lowest BCUT2D eigenvalue weighted by atomic mass is 9.74. The van der Waals surface area contributed by atoms with E-state index >= 15 is 0 Å². The number of aliphatic hydroxyl groups excluding tert-OH is 1. The summed E-state index contributed by atoms with van der Waals surface area (Å²) in [6, 6.07) is 6.76. The van der Waals surface area contributed by atoms with Gasteiger partial charge in [0.05, 0.1) is 4.90 Å². The van der Waals surface area contributed by atoms with Crippen molar-refractivity contribution in [2.24, 2.45) is 0 Å². The number of benzene rings is 2. The summed E-state index contributed by atoms with van der Waals surface area (Å²) in [5.41, 5.74) is 4.32. The van der Waals surface area contributed by atoms with Gasteiger partial charge in [0.25, 0.3) is 0 Å². The minimum atomic E-state index is -3.80. The number of aliphatic carboxylic acids is 1. The van der Waals surface area contributed by atoms with Gasteiger partial charge >= 0.3 is 5.97 Å². The van der Waals surface area contributed by atoms with Crippen LogP contribution in [0.1, 0.15) is 65.5 Å². The van der Waals surface area contributed by atoms with E-state index in [0.29, 0.717) is 12.0 Å². The number of aliphatic hydroxyl groups is 1. The molecule has 0 heterocycles. The van der Waals surface area contributed by atoms with Gasteiger partial charge in [-0.1, -0.05) is 6.07 Å². The Morgan fingerprint density at radius 3 is 2.48 bits per heavy atom. The second-order valence-corrected chi connectivity index (χ2v) is 10.1. The van der Waals surface area contributed by atoms with Crippen molar-refractivity contribution in [3.63, 3.8) is 0 Å². The number of nitrogens with one attached hydrogen (secondary N) is 1. The van der Waals surface area contributed by atoms with Crippen LogP contribution in [0.3, 0.4) is 0 Å². The highest BCUT2D eigenvalue weighted by Gasteiger charge is 2.32. The van der Waals surface area contributed by atoms with Gasteiger partial charge in [-0.05, 0) is 103 Å². The number of carboxylic acid groups (broad SMARTS) is 1. The van der Waals surface area contributed by atoms with Crippen molar-refractivity contribution < 1.29 is 27.8 Å². The standard InChI is InChI=1S/C23H26FNO5S/c24-16-8-10-17(11-9-16)31(29,30)25-13-15-5-3-7-19-20(15)12-14-4-1-2-6-18(14)21(19)22(26)23(27)28/h8-12,15,22,25-26H,1-7,13H2,(H,27,28). The van der Waals surface area contributed by atoms with Crippen molar-refractivity contribution in [3.8, 4) is 0 Å². The van der Waals surface area contributed by atoms with E-state index < -0.39 is 27.9 Å². The van der Waals surface area contributed by atoms with Crippen molar-refractivity contribution in [3.05, 3.63) is 64.0 Å². The summed E-state index contributed by atoms with van der Waals surface area (Å²) in [7, 11) is -3.80. The molecular weight excluding hydrogens is 421 g/mol. The number of hydrogen-bond acceptors (Lipinski definition) is 4. The second kappa shape index (κ2) is 8.68. The maximum atomic E-state index is 13.1. The Morgan fingerprint density at radius 2 is 1.77 bits per heavy atom. The Hall–Kier alpha value is -2.29. The smallest absolute Gasteiger partial charge is 0.337 e. The van der Waals surface area contributed by atoms with Gasteiger partial charge < -0.3 is 10.2 Å². The van der Waals surface area contributed by atoms with Crippen LogP contribution in [-0.4, -0.2) is 31.1 Å². The van der Waals surface area contributed by atoms with E-state index in [1.165, 1.54) is 12.1 Å². The predicted molar refractivity (Wildman–Crippen MR) is 113 cm³/mol. The molecule has 2 aromatic rings. The lowest BCUT2D eigenvalue weighted by molar-refractivity contribution is -0.147. The molecular formula is C23H26FNO5S. The van der Waals surface area contributed by atoms with E-state index in [0.717, 1.165) is 72.9 Å². The first-order valence-electron chi connectivity index (χ1n) is 10.6. The third kappa shape index (κ3) is 4.37. The maximum Gasteiger partial charge on any atom is 0.337 e. The molecule has 4 rings (SSSR count). The average molecular weight is 448 g/mol. The summed E-state index contributed by atoms with van der Waals surface area (Å²) in [5, 5.41) is 20.0. The Labute approximate surface area is 181 Å². The molecule has 0 fully saturated rings. The van der Waals surface area contributed by atoms with Crippen LogP contribution < -0.4 is 4.72 Å². The van der Waals surface area contributed by atoms with E-state index in [9.17, 15) is 27.8 Å². The minimum Gasteiger partial charge on any atom is -0.479 e. The SMILES string of the molecule is O=C(O)C(O)c1c2c(cc3c1CCCC3CNS(=O)(=O)c1ccc(F)cc1)CCCC2. The molecule has 2 unspecified atom stereocenters. The molecule has 6 nitrogen and oxygen atoms in total. The summed E-state index contributed by atoms with van der Waals surface area (Å²) < 4.78 is 41.1. The van der Waals surface area contributed by atoms with E-state index in [1.54, 1.807) is 0 Å². The zero-order valence-electron chi connectivity index (χ0n) is 17.1. The highest BCUT2D eigenvalue weighted by molar-refractivity contribution is 7.89. The van der Waals surface area contributed by atoms with Crippen molar-refractivity contribution in [2.75, 3.05) is 6.54 Å². The first-order valence-corrected chi connectivity index (χ1v) is 12.1. The van der Waals surface area contributed by atoms with Crippen molar-refractivity contribution in [1.82, 2.24) is 4.72 Å². The van der Waals surface area contributed by atoms with Crippen molar-refractivity contribution in [2.45, 2.75) is 61.9 Å². The van der Waals surface area contributed by atoms with Gasteiger partial charge in [-0.2, -0.15) is 0 Å². The second-order valence-electron chi connectivity index (χ2n) is 8.34. The summed E-state index contributed by atoms with van der Waals surface area (Å²) in [6.07, 6.45) is 4.21. The van der Waals surface area contributed by atoms with E-state index in [1.807, 2.05) is 0 Å². The Bertz CT molecular complexity index is 1100. The van der Waals surface area contributed by atoms with Gasteiger partial charge in [-0.3, -0.25) is 0 Å². The number of fused-ring (bicyclic) bond motifs is 2. The molecule has 0 amide bonds. The molecule has 0 aromatic heterocycles. The molecule has 0 bridgehead atoms. The minimum absolute atomic E-state index is 0.00244. The molecule has 166 valence electrons. The Kier molecular flexibility index (Phi) is 6.14. The van der Waals surface area contributed by atoms with E-state index in [4.69, 9.17) is 0 Å². The van der Waals surface area contributed by atoms with Crippen molar-refractivity contribution >= 4 is 16.0 Å². The number of hydrogen-bond donors (Lipinski definition) is 3. The highest BCUT2D eigenvalue weighted by Crippen LogP contribution is 2.41. The normalized spacial score (nSPS) is 19.4.